The van der Waals surface area contributed by atoms with Gasteiger partial charge in [-0.2, -0.15) is 0 Å². The lowest BCUT2D eigenvalue weighted by atomic mass is 10.2. The Hall–Kier alpha value is -1.14. The van der Waals surface area contributed by atoms with E-state index in [1.165, 1.54) is 0 Å². The van der Waals surface area contributed by atoms with Gasteiger partial charge in [0, 0.05) is 15.6 Å². The molecular weight excluding hydrogens is 395 g/mol. The smallest absolute Gasteiger partial charge is 0.255 e. The third-order valence-electron chi connectivity index (χ3n) is 2.68. The van der Waals surface area contributed by atoms with Crippen molar-refractivity contribution in [3.63, 3.8) is 0 Å². The van der Waals surface area contributed by atoms with Crippen LogP contribution in [0.5, 0.6) is 0 Å². The Labute approximate surface area is 145 Å². The second-order valence-electron chi connectivity index (χ2n) is 4.14. The van der Waals surface area contributed by atoms with Gasteiger partial charge in [-0.25, -0.2) is 0 Å². The van der Waals surface area contributed by atoms with Crippen LogP contribution in [0.15, 0.2) is 40.9 Å². The lowest BCUT2D eigenvalue weighted by Gasteiger charge is -2.09. The van der Waals surface area contributed by atoms with Crippen molar-refractivity contribution in [1.29, 1.82) is 0 Å². The maximum atomic E-state index is 12.2. The van der Waals surface area contributed by atoms with Gasteiger partial charge in [-0.1, -0.05) is 35.4 Å². The van der Waals surface area contributed by atoms with Crippen molar-refractivity contribution in [3.05, 3.63) is 62.0 Å². The van der Waals surface area contributed by atoms with Gasteiger partial charge in [0.05, 0.1) is 15.7 Å². The SMILES string of the molecule is NC(=S)c1ccc(NC(=O)c2ccc(Br)c(Cl)c2)c(Cl)c1. The monoisotopic (exact) mass is 402 g/mol. The van der Waals surface area contributed by atoms with Crippen molar-refractivity contribution in [3.8, 4) is 0 Å². The summed E-state index contributed by atoms with van der Waals surface area (Å²) in [6.07, 6.45) is 0. The maximum absolute atomic E-state index is 12.2. The maximum Gasteiger partial charge on any atom is 0.255 e. The third-order valence-corrected chi connectivity index (χ3v) is 4.46. The van der Waals surface area contributed by atoms with Gasteiger partial charge in [0.2, 0.25) is 0 Å². The molecule has 108 valence electrons. The predicted molar refractivity (Wildman–Crippen MR) is 94.4 cm³/mol. The molecule has 0 radical (unpaired) electrons. The van der Waals surface area contributed by atoms with Gasteiger partial charge in [-0.05, 0) is 52.3 Å². The highest BCUT2D eigenvalue weighted by Gasteiger charge is 2.11. The van der Waals surface area contributed by atoms with Crippen LogP contribution in [0.1, 0.15) is 15.9 Å². The fraction of sp³-hybridized carbons (Fsp3) is 0. The number of rotatable bonds is 3. The van der Waals surface area contributed by atoms with Crippen molar-refractivity contribution in [2.24, 2.45) is 5.73 Å². The van der Waals surface area contributed by atoms with E-state index in [0.29, 0.717) is 26.9 Å². The molecule has 0 atom stereocenters. The Balaban J connectivity index is 2.23. The Morgan fingerprint density at radius 2 is 1.71 bits per heavy atom. The molecule has 2 aromatic carbocycles. The predicted octanol–water partition coefficient (Wildman–Crippen LogP) is 4.64. The number of nitrogens with one attached hydrogen (secondary N) is 1. The number of halogens is 3. The van der Waals surface area contributed by atoms with Gasteiger partial charge in [-0.3, -0.25) is 4.79 Å². The standard InChI is InChI=1S/C14H9BrCl2N2OS/c15-9-3-1-8(6-10(9)16)14(20)19-12-4-2-7(13(18)21)5-11(12)17/h1-6H,(H2,18,21)(H,19,20). The van der Waals surface area contributed by atoms with E-state index < -0.39 is 0 Å². The fourth-order valence-corrected chi connectivity index (χ4v) is 2.38. The van der Waals surface area contributed by atoms with Crippen molar-refractivity contribution in [1.82, 2.24) is 0 Å². The summed E-state index contributed by atoms with van der Waals surface area (Å²) >= 11 is 20.2. The molecule has 0 spiro atoms. The largest absolute Gasteiger partial charge is 0.389 e. The minimum absolute atomic E-state index is 0.245. The first-order chi connectivity index (χ1) is 9.88. The minimum Gasteiger partial charge on any atom is -0.389 e. The summed E-state index contributed by atoms with van der Waals surface area (Å²) in [4.78, 5) is 12.4. The zero-order valence-electron chi connectivity index (χ0n) is 10.5. The molecule has 3 nitrogen and oxygen atoms in total. The normalized spacial score (nSPS) is 10.2. The number of amides is 1. The van der Waals surface area contributed by atoms with Gasteiger partial charge in [0.15, 0.2) is 0 Å². The molecule has 0 saturated heterocycles. The number of hydrogen-bond donors (Lipinski definition) is 2. The zero-order chi connectivity index (χ0) is 15.6. The molecule has 0 aliphatic heterocycles. The van der Waals surface area contributed by atoms with Crippen LogP contribution in [0.4, 0.5) is 5.69 Å². The highest BCUT2D eigenvalue weighted by atomic mass is 79.9. The van der Waals surface area contributed by atoms with Crippen molar-refractivity contribution in [2.45, 2.75) is 0 Å². The van der Waals surface area contributed by atoms with E-state index in [-0.39, 0.29) is 10.9 Å². The molecule has 2 aromatic rings. The van der Waals surface area contributed by atoms with E-state index >= 15 is 0 Å². The summed E-state index contributed by atoms with van der Waals surface area (Å²) in [6, 6.07) is 9.87. The molecule has 0 bridgehead atoms. The summed E-state index contributed by atoms with van der Waals surface area (Å²) in [6.45, 7) is 0. The van der Waals surface area contributed by atoms with Gasteiger partial charge >= 0.3 is 0 Å². The lowest BCUT2D eigenvalue weighted by Crippen LogP contribution is -2.13. The molecule has 0 aliphatic carbocycles. The molecule has 21 heavy (non-hydrogen) atoms. The van der Waals surface area contributed by atoms with Gasteiger partial charge in [0.25, 0.3) is 5.91 Å². The van der Waals surface area contributed by atoms with Gasteiger partial charge < -0.3 is 11.1 Å². The average molecular weight is 404 g/mol. The first-order valence-electron chi connectivity index (χ1n) is 5.74. The number of hydrogen-bond acceptors (Lipinski definition) is 2. The molecule has 0 unspecified atom stereocenters. The van der Waals surface area contributed by atoms with E-state index in [1.54, 1.807) is 36.4 Å². The second kappa shape index (κ2) is 6.75. The molecule has 7 heteroatoms. The number of nitrogens with two attached hydrogens (primary N) is 1. The molecule has 0 heterocycles. The Bertz CT molecular complexity index is 737. The van der Waals surface area contributed by atoms with E-state index in [1.807, 2.05) is 0 Å². The van der Waals surface area contributed by atoms with Crippen molar-refractivity contribution >= 4 is 67.9 Å². The number of anilines is 1. The van der Waals surface area contributed by atoms with Crippen LogP contribution in [0.3, 0.4) is 0 Å². The number of carbonyl (C=O) groups excluding carboxylic acids is 1. The number of thiocarbonyl (C=S) groups is 1. The van der Waals surface area contributed by atoms with E-state index in [4.69, 9.17) is 41.2 Å². The first kappa shape index (κ1) is 16.2. The molecule has 0 aliphatic rings. The van der Waals surface area contributed by atoms with Crippen molar-refractivity contribution < 1.29 is 4.79 Å². The molecule has 0 fully saturated rings. The summed E-state index contributed by atoms with van der Waals surface area (Å²) in [5.74, 6) is -0.311. The van der Waals surface area contributed by atoms with Crippen LogP contribution in [0.2, 0.25) is 10.0 Å². The summed E-state index contributed by atoms with van der Waals surface area (Å²) in [5, 5.41) is 3.52. The molecule has 3 N–H and O–H groups in total. The number of carbonyl (C=O) groups is 1. The quantitative estimate of drug-likeness (QED) is 0.733. The van der Waals surface area contributed by atoms with E-state index in [9.17, 15) is 4.79 Å². The highest BCUT2D eigenvalue weighted by Crippen LogP contribution is 2.26. The van der Waals surface area contributed by atoms with Crippen LogP contribution in [0, 0.1) is 0 Å². The van der Waals surface area contributed by atoms with E-state index in [0.717, 1.165) is 4.47 Å². The molecule has 0 aromatic heterocycles. The molecule has 0 saturated carbocycles. The topological polar surface area (TPSA) is 55.1 Å². The Morgan fingerprint density at radius 3 is 2.29 bits per heavy atom. The fourth-order valence-electron chi connectivity index (χ4n) is 1.60. The molecule has 2 rings (SSSR count). The van der Waals surface area contributed by atoms with E-state index in [2.05, 4.69) is 21.2 Å². The second-order valence-corrected chi connectivity index (χ2v) is 6.25. The average Bonchev–Trinajstić information content (AvgIpc) is 2.43. The van der Waals surface area contributed by atoms with Crippen LogP contribution >= 0.6 is 51.3 Å². The van der Waals surface area contributed by atoms with Crippen LogP contribution in [-0.2, 0) is 0 Å². The third kappa shape index (κ3) is 3.95. The van der Waals surface area contributed by atoms with Crippen LogP contribution in [0.25, 0.3) is 0 Å². The number of benzene rings is 2. The van der Waals surface area contributed by atoms with Gasteiger partial charge in [0.1, 0.15) is 4.99 Å². The first-order valence-corrected chi connectivity index (χ1v) is 7.70. The van der Waals surface area contributed by atoms with Gasteiger partial charge in [-0.15, -0.1) is 0 Å². The van der Waals surface area contributed by atoms with Crippen molar-refractivity contribution in [2.75, 3.05) is 5.32 Å². The Morgan fingerprint density at radius 1 is 1.10 bits per heavy atom. The Kier molecular flexibility index (Phi) is 5.22. The highest BCUT2D eigenvalue weighted by molar-refractivity contribution is 9.10. The summed E-state index contributed by atoms with van der Waals surface area (Å²) < 4.78 is 0.722. The minimum atomic E-state index is -0.311. The summed E-state index contributed by atoms with van der Waals surface area (Å²) in [5.41, 5.74) is 7.06. The molecular formula is C14H9BrCl2N2OS. The van der Waals surface area contributed by atoms with Crippen LogP contribution < -0.4 is 11.1 Å². The van der Waals surface area contributed by atoms with Crippen LogP contribution in [-0.4, -0.2) is 10.9 Å². The lowest BCUT2D eigenvalue weighted by molar-refractivity contribution is 0.102. The summed E-state index contributed by atoms with van der Waals surface area (Å²) in [7, 11) is 0. The molecule has 1 amide bonds. The zero-order valence-corrected chi connectivity index (χ0v) is 14.4.